The molecule has 0 atom stereocenters. The highest BCUT2D eigenvalue weighted by Crippen LogP contribution is 2.22. The molecule has 0 aliphatic heterocycles. The summed E-state index contributed by atoms with van der Waals surface area (Å²) in [4.78, 5) is 30.4. The highest BCUT2D eigenvalue weighted by atomic mass is 32.2. The molecule has 0 spiro atoms. The number of nitrogens with zero attached hydrogens (tertiary/aromatic N) is 2. The van der Waals surface area contributed by atoms with E-state index in [0.717, 1.165) is 0 Å². The molecule has 2 N–H and O–H groups in total. The largest absolute Gasteiger partial charge is 0.478 e. The number of carboxylic acid groups (broad SMARTS) is 1. The summed E-state index contributed by atoms with van der Waals surface area (Å²) >= 11 is 1.31. The van der Waals surface area contributed by atoms with Crippen molar-refractivity contribution in [2.75, 3.05) is 12.3 Å². The van der Waals surface area contributed by atoms with Gasteiger partial charge in [-0.3, -0.25) is 4.79 Å². The van der Waals surface area contributed by atoms with E-state index in [0.29, 0.717) is 35.3 Å². The lowest BCUT2D eigenvalue weighted by Crippen LogP contribution is -2.22. The summed E-state index contributed by atoms with van der Waals surface area (Å²) in [5, 5.41) is 12.3. The zero-order valence-electron chi connectivity index (χ0n) is 11.2. The predicted octanol–water partition coefficient (Wildman–Crippen LogP) is 1.27. The van der Waals surface area contributed by atoms with Gasteiger partial charge < -0.3 is 10.4 Å². The van der Waals surface area contributed by atoms with Crippen molar-refractivity contribution >= 4 is 23.6 Å². The SMILES string of the molecule is CCc1nc(C)c(C(=O)O)c(SCCNC(C)=O)n1. The number of carbonyl (C=O) groups is 2. The molecule has 0 unspecified atom stereocenters. The van der Waals surface area contributed by atoms with Crippen LogP contribution in [0.25, 0.3) is 0 Å². The second kappa shape index (κ2) is 7.08. The lowest BCUT2D eigenvalue weighted by Gasteiger charge is -2.09. The highest BCUT2D eigenvalue weighted by Gasteiger charge is 2.17. The Kier molecular flexibility index (Phi) is 5.75. The average Bonchev–Trinajstić information content (AvgIpc) is 2.33. The maximum absolute atomic E-state index is 11.2. The molecule has 1 amide bonds. The van der Waals surface area contributed by atoms with E-state index >= 15 is 0 Å². The molecule has 0 saturated carbocycles. The van der Waals surface area contributed by atoms with E-state index in [1.165, 1.54) is 18.7 Å². The topological polar surface area (TPSA) is 92.2 Å². The Morgan fingerprint density at radius 3 is 2.58 bits per heavy atom. The molecule has 7 heteroatoms. The predicted molar refractivity (Wildman–Crippen MR) is 72.5 cm³/mol. The summed E-state index contributed by atoms with van der Waals surface area (Å²) in [6, 6.07) is 0. The first-order valence-corrected chi connectivity index (χ1v) is 6.92. The Hall–Kier alpha value is -1.63. The molecule has 1 aromatic heterocycles. The van der Waals surface area contributed by atoms with Crippen molar-refractivity contribution in [3.8, 4) is 0 Å². The van der Waals surface area contributed by atoms with Crippen molar-refractivity contribution in [1.29, 1.82) is 0 Å². The van der Waals surface area contributed by atoms with E-state index in [9.17, 15) is 14.7 Å². The van der Waals surface area contributed by atoms with Crippen LogP contribution >= 0.6 is 11.8 Å². The molecule has 19 heavy (non-hydrogen) atoms. The molecular weight excluding hydrogens is 266 g/mol. The van der Waals surface area contributed by atoms with Crippen molar-refractivity contribution in [3.05, 3.63) is 17.1 Å². The monoisotopic (exact) mass is 283 g/mol. The minimum absolute atomic E-state index is 0.104. The molecule has 0 radical (unpaired) electrons. The lowest BCUT2D eigenvalue weighted by molar-refractivity contribution is -0.118. The van der Waals surface area contributed by atoms with Crippen LogP contribution in [0, 0.1) is 6.92 Å². The smallest absolute Gasteiger partial charge is 0.340 e. The lowest BCUT2D eigenvalue weighted by atomic mass is 10.2. The third-order valence-electron chi connectivity index (χ3n) is 2.35. The van der Waals surface area contributed by atoms with Crippen LogP contribution in [-0.4, -0.2) is 39.2 Å². The molecule has 0 bridgehead atoms. The molecule has 0 aliphatic carbocycles. The van der Waals surface area contributed by atoms with Crippen LogP contribution in [0.15, 0.2) is 5.03 Å². The van der Waals surface area contributed by atoms with E-state index in [-0.39, 0.29) is 11.5 Å². The number of nitrogens with one attached hydrogen (secondary N) is 1. The molecule has 6 nitrogen and oxygen atoms in total. The maximum Gasteiger partial charge on any atom is 0.340 e. The van der Waals surface area contributed by atoms with Crippen molar-refractivity contribution < 1.29 is 14.7 Å². The van der Waals surface area contributed by atoms with Gasteiger partial charge in [-0.2, -0.15) is 0 Å². The van der Waals surface area contributed by atoms with Gasteiger partial charge in [0.1, 0.15) is 16.4 Å². The van der Waals surface area contributed by atoms with Crippen LogP contribution < -0.4 is 5.32 Å². The second-order valence-corrected chi connectivity index (χ2v) is 4.98. The van der Waals surface area contributed by atoms with Crippen molar-refractivity contribution in [1.82, 2.24) is 15.3 Å². The third kappa shape index (κ3) is 4.51. The van der Waals surface area contributed by atoms with Gasteiger partial charge in [-0.05, 0) is 6.92 Å². The van der Waals surface area contributed by atoms with Gasteiger partial charge >= 0.3 is 5.97 Å². The van der Waals surface area contributed by atoms with Gasteiger partial charge in [0, 0.05) is 25.6 Å². The summed E-state index contributed by atoms with van der Waals surface area (Å²) in [6.07, 6.45) is 0.653. The molecule has 1 heterocycles. The van der Waals surface area contributed by atoms with Crippen LogP contribution in [0.4, 0.5) is 0 Å². The fourth-order valence-electron chi connectivity index (χ4n) is 1.49. The summed E-state index contributed by atoms with van der Waals surface area (Å²) in [7, 11) is 0. The number of aryl methyl sites for hydroxylation is 2. The van der Waals surface area contributed by atoms with Gasteiger partial charge in [-0.15, -0.1) is 11.8 Å². The van der Waals surface area contributed by atoms with Crippen molar-refractivity contribution in [2.24, 2.45) is 0 Å². The average molecular weight is 283 g/mol. The van der Waals surface area contributed by atoms with E-state index in [2.05, 4.69) is 15.3 Å². The Labute approximate surface area is 116 Å². The number of carboxylic acids is 1. The van der Waals surface area contributed by atoms with Crippen molar-refractivity contribution in [2.45, 2.75) is 32.2 Å². The van der Waals surface area contributed by atoms with E-state index in [1.54, 1.807) is 6.92 Å². The summed E-state index contributed by atoms with van der Waals surface area (Å²) in [6.45, 7) is 5.50. The fraction of sp³-hybridized carbons (Fsp3) is 0.500. The normalized spacial score (nSPS) is 10.3. The Morgan fingerprint density at radius 2 is 2.05 bits per heavy atom. The molecule has 0 saturated heterocycles. The van der Waals surface area contributed by atoms with Crippen LogP contribution in [0.5, 0.6) is 0 Å². The molecule has 0 aliphatic rings. The van der Waals surface area contributed by atoms with Crippen LogP contribution in [0.2, 0.25) is 0 Å². The summed E-state index contributed by atoms with van der Waals surface area (Å²) in [5.74, 6) is 0.0679. The number of aromatic nitrogens is 2. The molecule has 0 fully saturated rings. The van der Waals surface area contributed by atoms with Crippen LogP contribution in [0.3, 0.4) is 0 Å². The van der Waals surface area contributed by atoms with Gasteiger partial charge in [0.05, 0.1) is 5.69 Å². The fourth-order valence-corrected chi connectivity index (χ4v) is 2.43. The second-order valence-electron chi connectivity index (χ2n) is 3.90. The first-order valence-electron chi connectivity index (χ1n) is 5.93. The van der Waals surface area contributed by atoms with Gasteiger partial charge in [-0.1, -0.05) is 6.92 Å². The number of amides is 1. The summed E-state index contributed by atoms with van der Waals surface area (Å²) < 4.78 is 0. The summed E-state index contributed by atoms with van der Waals surface area (Å²) in [5.41, 5.74) is 0.617. The number of aromatic carboxylic acids is 1. The maximum atomic E-state index is 11.2. The quantitative estimate of drug-likeness (QED) is 0.464. The molecule has 1 aromatic rings. The van der Waals surface area contributed by atoms with Gasteiger partial charge in [0.25, 0.3) is 0 Å². The zero-order chi connectivity index (χ0) is 14.4. The number of carbonyl (C=O) groups excluding carboxylic acids is 1. The van der Waals surface area contributed by atoms with Gasteiger partial charge in [0.15, 0.2) is 0 Å². The molecular formula is C12H17N3O3S. The number of hydrogen-bond acceptors (Lipinski definition) is 5. The Bertz CT molecular complexity index is 491. The van der Waals surface area contributed by atoms with E-state index in [1.807, 2.05) is 6.92 Å². The number of rotatable bonds is 6. The number of hydrogen-bond donors (Lipinski definition) is 2. The molecule has 1 rings (SSSR count). The van der Waals surface area contributed by atoms with Gasteiger partial charge in [-0.25, -0.2) is 14.8 Å². The van der Waals surface area contributed by atoms with Crippen LogP contribution in [0.1, 0.15) is 35.7 Å². The zero-order valence-corrected chi connectivity index (χ0v) is 12.0. The van der Waals surface area contributed by atoms with Crippen molar-refractivity contribution in [3.63, 3.8) is 0 Å². The van der Waals surface area contributed by atoms with Gasteiger partial charge in [0.2, 0.25) is 5.91 Å². The Morgan fingerprint density at radius 1 is 1.37 bits per heavy atom. The standard InChI is InChI=1S/C12H17N3O3S/c1-4-9-14-7(2)10(12(17)18)11(15-9)19-6-5-13-8(3)16/h4-6H2,1-3H3,(H,13,16)(H,17,18). The Balaban J connectivity index is 2.87. The number of thioether (sulfide) groups is 1. The minimum Gasteiger partial charge on any atom is -0.478 e. The van der Waals surface area contributed by atoms with Crippen LogP contribution in [-0.2, 0) is 11.2 Å². The first-order chi connectivity index (χ1) is 8.95. The molecule has 0 aromatic carbocycles. The third-order valence-corrected chi connectivity index (χ3v) is 3.33. The first kappa shape index (κ1) is 15.4. The van der Waals surface area contributed by atoms with E-state index in [4.69, 9.17) is 0 Å². The van der Waals surface area contributed by atoms with E-state index < -0.39 is 5.97 Å². The molecule has 104 valence electrons. The highest BCUT2D eigenvalue weighted by molar-refractivity contribution is 7.99. The minimum atomic E-state index is -1.03.